The number of benzene rings is 1. The van der Waals surface area contributed by atoms with Gasteiger partial charge in [0, 0.05) is 24.2 Å². The third-order valence-electron chi connectivity index (χ3n) is 6.29. The van der Waals surface area contributed by atoms with Gasteiger partial charge in [-0.05, 0) is 86.0 Å². The second-order valence-electron chi connectivity index (χ2n) is 8.40. The summed E-state index contributed by atoms with van der Waals surface area (Å²) in [5.41, 5.74) is 0.824. The van der Waals surface area contributed by atoms with Crippen molar-refractivity contribution in [2.75, 3.05) is 5.32 Å². The van der Waals surface area contributed by atoms with Crippen molar-refractivity contribution in [1.82, 2.24) is 5.32 Å². The normalized spacial score (nSPS) is 31.5. The van der Waals surface area contributed by atoms with E-state index in [1.165, 1.54) is 50.7 Å². The number of amides is 1. The maximum absolute atomic E-state index is 12.5. The van der Waals surface area contributed by atoms with Crippen molar-refractivity contribution in [3.8, 4) is 0 Å². The maximum Gasteiger partial charge on any atom is 0.269 e. The lowest BCUT2D eigenvalue weighted by Crippen LogP contribution is -2.48. The van der Waals surface area contributed by atoms with Gasteiger partial charge in [0.1, 0.15) is 0 Å². The zero-order valence-electron chi connectivity index (χ0n) is 14.6. The number of nitrogens with one attached hydrogen (secondary N) is 2. The smallest absolute Gasteiger partial charge is 0.269 e. The van der Waals surface area contributed by atoms with Crippen molar-refractivity contribution in [3.05, 3.63) is 34.4 Å². The van der Waals surface area contributed by atoms with E-state index >= 15 is 0 Å². The molecule has 5 rings (SSSR count). The van der Waals surface area contributed by atoms with Crippen LogP contribution in [0.25, 0.3) is 0 Å². The quantitative estimate of drug-likeness (QED) is 0.473. The van der Waals surface area contributed by atoms with E-state index in [1.54, 1.807) is 12.1 Å². The fourth-order valence-electron chi connectivity index (χ4n) is 5.85. The molecule has 1 aromatic carbocycles. The maximum atomic E-state index is 12.5. The molecule has 0 atom stereocenters. The lowest BCUT2D eigenvalue weighted by molar-refractivity contribution is -0.384. The number of nitrogens with zero attached hydrogens (tertiary/aromatic N) is 1. The van der Waals surface area contributed by atoms with E-state index in [4.69, 9.17) is 12.2 Å². The van der Waals surface area contributed by atoms with Crippen LogP contribution in [0.1, 0.15) is 44.9 Å². The van der Waals surface area contributed by atoms with Crippen molar-refractivity contribution in [2.24, 2.45) is 23.2 Å². The van der Waals surface area contributed by atoms with Gasteiger partial charge in [0.2, 0.25) is 5.91 Å². The topological polar surface area (TPSA) is 84.3 Å². The zero-order valence-corrected chi connectivity index (χ0v) is 15.4. The highest BCUT2D eigenvalue weighted by Crippen LogP contribution is 2.61. The van der Waals surface area contributed by atoms with Gasteiger partial charge in [-0.2, -0.15) is 0 Å². The first kappa shape index (κ1) is 17.4. The van der Waals surface area contributed by atoms with E-state index in [-0.39, 0.29) is 22.1 Å². The molecule has 138 valence electrons. The first-order valence-corrected chi connectivity index (χ1v) is 9.67. The van der Waals surface area contributed by atoms with E-state index in [0.717, 1.165) is 17.8 Å². The zero-order chi connectivity index (χ0) is 18.3. The monoisotopic (exact) mass is 373 g/mol. The molecule has 0 radical (unpaired) electrons. The SMILES string of the molecule is O=C(CC12CC3CC(CC(C3)C1)C2)NC(=S)Nc1ccc([N+](=O)[O-])cc1. The van der Waals surface area contributed by atoms with Gasteiger partial charge in [0.05, 0.1) is 4.92 Å². The summed E-state index contributed by atoms with van der Waals surface area (Å²) in [6, 6.07) is 5.97. The standard InChI is InChI=1S/C19H23N3O3S/c23-17(11-19-8-12-5-13(9-19)7-14(6-12)10-19)21-18(26)20-15-1-3-16(4-2-15)22(24)25/h1-4,12-14H,5-11H2,(H2,20,21,23,26). The number of hydrogen-bond donors (Lipinski definition) is 2. The van der Waals surface area contributed by atoms with Crippen LogP contribution < -0.4 is 10.6 Å². The number of thiocarbonyl (C=S) groups is 1. The Bertz CT molecular complexity index is 712. The molecule has 1 amide bonds. The number of nitro benzene ring substituents is 1. The molecule has 0 heterocycles. The fourth-order valence-corrected chi connectivity index (χ4v) is 6.08. The Morgan fingerprint density at radius 3 is 2.15 bits per heavy atom. The van der Waals surface area contributed by atoms with Gasteiger partial charge in [-0.25, -0.2) is 0 Å². The minimum Gasteiger partial charge on any atom is -0.332 e. The number of nitro groups is 1. The Hall–Kier alpha value is -2.02. The Morgan fingerprint density at radius 2 is 1.65 bits per heavy atom. The van der Waals surface area contributed by atoms with E-state index in [0.29, 0.717) is 12.1 Å². The van der Waals surface area contributed by atoms with E-state index in [1.807, 2.05) is 0 Å². The number of rotatable bonds is 4. The molecule has 0 aromatic heterocycles. The molecule has 0 aliphatic heterocycles. The van der Waals surface area contributed by atoms with E-state index in [2.05, 4.69) is 10.6 Å². The van der Waals surface area contributed by atoms with Gasteiger partial charge >= 0.3 is 0 Å². The number of anilines is 1. The Balaban J connectivity index is 1.32. The molecule has 4 aliphatic carbocycles. The molecular formula is C19H23N3O3S. The number of non-ortho nitro benzene ring substituents is 1. The molecule has 26 heavy (non-hydrogen) atoms. The lowest BCUT2D eigenvalue weighted by Gasteiger charge is -2.56. The average Bonchev–Trinajstić information content (AvgIpc) is 2.53. The van der Waals surface area contributed by atoms with Crippen LogP contribution in [0, 0.1) is 33.3 Å². The summed E-state index contributed by atoms with van der Waals surface area (Å²) in [5, 5.41) is 16.6. The van der Waals surface area contributed by atoms with Crippen molar-refractivity contribution in [1.29, 1.82) is 0 Å². The van der Waals surface area contributed by atoms with Crippen LogP contribution in [0.3, 0.4) is 0 Å². The molecule has 4 bridgehead atoms. The van der Waals surface area contributed by atoms with E-state index < -0.39 is 4.92 Å². The molecule has 1 aromatic rings. The highest BCUT2D eigenvalue weighted by molar-refractivity contribution is 7.80. The van der Waals surface area contributed by atoms with Crippen molar-refractivity contribution >= 4 is 34.6 Å². The molecule has 2 N–H and O–H groups in total. The molecule has 4 aliphatic rings. The summed E-state index contributed by atoms with van der Waals surface area (Å²) >= 11 is 5.23. The van der Waals surface area contributed by atoms with Gasteiger partial charge < -0.3 is 10.6 Å². The van der Waals surface area contributed by atoms with Crippen LogP contribution in [-0.2, 0) is 4.79 Å². The average molecular weight is 373 g/mol. The van der Waals surface area contributed by atoms with Crippen molar-refractivity contribution in [3.63, 3.8) is 0 Å². The fraction of sp³-hybridized carbons (Fsp3) is 0.579. The summed E-state index contributed by atoms with van der Waals surface area (Å²) in [5.74, 6) is 2.43. The largest absolute Gasteiger partial charge is 0.332 e. The molecule has 6 nitrogen and oxygen atoms in total. The second-order valence-corrected chi connectivity index (χ2v) is 8.81. The van der Waals surface area contributed by atoms with Crippen LogP contribution >= 0.6 is 12.2 Å². The van der Waals surface area contributed by atoms with Gasteiger partial charge in [-0.3, -0.25) is 14.9 Å². The number of hydrogen-bond acceptors (Lipinski definition) is 4. The van der Waals surface area contributed by atoms with Gasteiger partial charge in [-0.15, -0.1) is 0 Å². The summed E-state index contributed by atoms with van der Waals surface area (Å²) in [6.07, 6.45) is 8.21. The number of carbonyl (C=O) groups excluding carboxylic acids is 1. The first-order chi connectivity index (χ1) is 12.4. The highest BCUT2D eigenvalue weighted by Gasteiger charge is 2.51. The first-order valence-electron chi connectivity index (χ1n) is 9.26. The minimum absolute atomic E-state index is 0.0207. The van der Waals surface area contributed by atoms with Crippen molar-refractivity contribution in [2.45, 2.75) is 44.9 Å². The molecule has 4 fully saturated rings. The Kier molecular flexibility index (Phi) is 4.42. The summed E-state index contributed by atoms with van der Waals surface area (Å²) in [4.78, 5) is 22.8. The minimum atomic E-state index is -0.449. The Morgan fingerprint density at radius 1 is 1.12 bits per heavy atom. The predicted molar refractivity (Wildman–Crippen MR) is 103 cm³/mol. The van der Waals surface area contributed by atoms with Crippen LogP contribution in [-0.4, -0.2) is 15.9 Å². The van der Waals surface area contributed by atoms with Crippen molar-refractivity contribution < 1.29 is 9.72 Å². The molecule has 4 saturated carbocycles. The molecule has 0 saturated heterocycles. The van der Waals surface area contributed by atoms with Crippen LogP contribution in [0.15, 0.2) is 24.3 Å². The Labute approximate surface area is 157 Å². The second kappa shape index (κ2) is 6.61. The van der Waals surface area contributed by atoms with Gasteiger partial charge in [-0.1, -0.05) is 0 Å². The summed E-state index contributed by atoms with van der Waals surface area (Å²) in [6.45, 7) is 0. The molecular weight excluding hydrogens is 350 g/mol. The van der Waals surface area contributed by atoms with Crippen LogP contribution in [0.5, 0.6) is 0 Å². The summed E-state index contributed by atoms with van der Waals surface area (Å²) in [7, 11) is 0. The van der Waals surface area contributed by atoms with E-state index in [9.17, 15) is 14.9 Å². The van der Waals surface area contributed by atoms with Crippen LogP contribution in [0.2, 0.25) is 0 Å². The third-order valence-corrected chi connectivity index (χ3v) is 6.49. The molecule has 0 spiro atoms. The summed E-state index contributed by atoms with van der Waals surface area (Å²) < 4.78 is 0. The van der Waals surface area contributed by atoms with Crippen LogP contribution in [0.4, 0.5) is 11.4 Å². The third kappa shape index (κ3) is 3.58. The number of carbonyl (C=O) groups is 1. The molecule has 7 heteroatoms. The highest BCUT2D eigenvalue weighted by atomic mass is 32.1. The van der Waals surface area contributed by atoms with Gasteiger partial charge in [0.15, 0.2) is 5.11 Å². The van der Waals surface area contributed by atoms with Gasteiger partial charge in [0.25, 0.3) is 5.69 Å². The predicted octanol–water partition coefficient (Wildman–Crippen LogP) is 4.01. The lowest BCUT2D eigenvalue weighted by atomic mass is 9.49. The molecule has 0 unspecified atom stereocenters.